The Morgan fingerprint density at radius 1 is 1.32 bits per heavy atom. The van der Waals surface area contributed by atoms with Crippen LogP contribution in [0.15, 0.2) is 53.2 Å². The molecule has 1 aliphatic heterocycles. The lowest BCUT2D eigenvalue weighted by atomic mass is 9.95. The molecule has 0 aromatic heterocycles. The third-order valence-electron chi connectivity index (χ3n) is 4.00. The van der Waals surface area contributed by atoms with E-state index in [1.807, 2.05) is 42.6 Å². The summed E-state index contributed by atoms with van der Waals surface area (Å²) >= 11 is 0. The molecular weight excluding hydrogens is 318 g/mol. The molecule has 25 heavy (non-hydrogen) atoms. The van der Waals surface area contributed by atoms with E-state index >= 15 is 0 Å². The van der Waals surface area contributed by atoms with Gasteiger partial charge in [0.25, 0.3) is 0 Å². The zero-order chi connectivity index (χ0) is 18.4. The van der Waals surface area contributed by atoms with Gasteiger partial charge in [0.1, 0.15) is 18.2 Å². The predicted octanol–water partition coefficient (Wildman–Crippen LogP) is 2.34. The van der Waals surface area contributed by atoms with Gasteiger partial charge in [-0.25, -0.2) is 0 Å². The van der Waals surface area contributed by atoms with Crippen LogP contribution in [0.4, 0.5) is 0 Å². The Kier molecular flexibility index (Phi) is 5.85. The van der Waals surface area contributed by atoms with Crippen LogP contribution in [0.3, 0.4) is 0 Å². The van der Waals surface area contributed by atoms with Crippen LogP contribution in [0.2, 0.25) is 0 Å². The van der Waals surface area contributed by atoms with Gasteiger partial charge < -0.3 is 20.5 Å². The number of nitrogens with two attached hydrogens (primary N) is 1. The van der Waals surface area contributed by atoms with Gasteiger partial charge in [0, 0.05) is 18.8 Å². The third-order valence-corrected chi connectivity index (χ3v) is 4.00. The quantitative estimate of drug-likeness (QED) is 0.470. The second-order valence-electron chi connectivity index (χ2n) is 6.45. The van der Waals surface area contributed by atoms with E-state index in [2.05, 4.69) is 10.3 Å². The van der Waals surface area contributed by atoms with Crippen molar-refractivity contribution in [1.29, 1.82) is 0 Å². The molecule has 6 nitrogen and oxygen atoms in total. The second kappa shape index (κ2) is 7.88. The van der Waals surface area contributed by atoms with Crippen LogP contribution < -0.4 is 15.8 Å². The fraction of sp³-hybridized carbons (Fsp3) is 0.368. The summed E-state index contributed by atoms with van der Waals surface area (Å²) in [5, 5.41) is 3.29. The highest BCUT2D eigenvalue weighted by Gasteiger charge is 2.29. The molecule has 0 radical (unpaired) electrons. The molecule has 1 aromatic carbocycles. The first-order chi connectivity index (χ1) is 11.9. The Bertz CT molecular complexity index is 703. The molecule has 1 aromatic rings. The topological polar surface area (TPSA) is 85.9 Å². The molecule has 2 rings (SSSR count). The van der Waals surface area contributed by atoms with Crippen LogP contribution in [0.25, 0.3) is 0 Å². The smallest absolute Gasteiger partial charge is 0.314 e. The number of dihydropyridines is 1. The Morgan fingerprint density at radius 2 is 2.00 bits per heavy atom. The minimum atomic E-state index is -0.691. The van der Waals surface area contributed by atoms with Gasteiger partial charge in [-0.1, -0.05) is 24.3 Å². The maximum atomic E-state index is 11.7. The van der Waals surface area contributed by atoms with Crippen LogP contribution in [0.5, 0.6) is 5.75 Å². The molecule has 0 aliphatic carbocycles. The SMILES string of the molecule is CN=C(N)C1=CNC(c2ccc(OCC(C)(C)C(=O)OC)cc2)C=C1. The highest BCUT2D eigenvalue weighted by molar-refractivity contribution is 5.99. The molecule has 0 saturated heterocycles. The largest absolute Gasteiger partial charge is 0.492 e. The average Bonchev–Trinajstić information content (AvgIpc) is 2.65. The van der Waals surface area contributed by atoms with Crippen molar-refractivity contribution in [3.8, 4) is 5.75 Å². The fourth-order valence-electron chi connectivity index (χ4n) is 2.35. The minimum Gasteiger partial charge on any atom is -0.492 e. The summed E-state index contributed by atoms with van der Waals surface area (Å²) in [5.74, 6) is 0.913. The molecule has 0 amide bonds. The van der Waals surface area contributed by atoms with E-state index in [4.69, 9.17) is 15.2 Å². The minimum absolute atomic E-state index is 0.0639. The number of hydrogen-bond acceptors (Lipinski definition) is 5. The summed E-state index contributed by atoms with van der Waals surface area (Å²) < 4.78 is 10.5. The Balaban J connectivity index is 1.96. The molecule has 3 N–H and O–H groups in total. The predicted molar refractivity (Wildman–Crippen MR) is 98.4 cm³/mol. The van der Waals surface area contributed by atoms with Gasteiger partial charge in [0.2, 0.25) is 0 Å². The maximum Gasteiger partial charge on any atom is 0.314 e. The van der Waals surface area contributed by atoms with Crippen molar-refractivity contribution in [3.05, 3.63) is 53.8 Å². The van der Waals surface area contributed by atoms with Crippen molar-refractivity contribution in [3.63, 3.8) is 0 Å². The van der Waals surface area contributed by atoms with Crippen molar-refractivity contribution in [2.24, 2.45) is 16.1 Å². The number of amidine groups is 1. The van der Waals surface area contributed by atoms with Crippen LogP contribution >= 0.6 is 0 Å². The Morgan fingerprint density at radius 3 is 2.52 bits per heavy atom. The van der Waals surface area contributed by atoms with Crippen LogP contribution in [0.1, 0.15) is 25.5 Å². The zero-order valence-corrected chi connectivity index (χ0v) is 15.1. The summed E-state index contributed by atoms with van der Waals surface area (Å²) in [4.78, 5) is 15.6. The molecule has 1 heterocycles. The average molecular weight is 343 g/mol. The lowest BCUT2D eigenvalue weighted by Gasteiger charge is -2.22. The third kappa shape index (κ3) is 4.62. The van der Waals surface area contributed by atoms with E-state index in [9.17, 15) is 4.79 Å². The van der Waals surface area contributed by atoms with Crippen LogP contribution in [-0.4, -0.2) is 32.6 Å². The number of carbonyl (C=O) groups is 1. The van der Waals surface area contributed by atoms with E-state index < -0.39 is 5.41 Å². The van der Waals surface area contributed by atoms with Gasteiger partial charge in [0.15, 0.2) is 0 Å². The molecule has 1 unspecified atom stereocenters. The molecule has 6 heteroatoms. The standard InChI is InChI=1S/C19H25N3O3/c1-19(2,18(23)24-4)12-25-15-8-5-13(6-9-15)16-10-7-14(11-22-16)17(20)21-3/h5-11,16,22H,12H2,1-4H3,(H2,20,21). The van der Waals surface area contributed by atoms with E-state index in [0.29, 0.717) is 11.6 Å². The van der Waals surface area contributed by atoms with Gasteiger partial charge in [-0.2, -0.15) is 0 Å². The van der Waals surface area contributed by atoms with Crippen molar-refractivity contribution in [2.75, 3.05) is 20.8 Å². The summed E-state index contributed by atoms with van der Waals surface area (Å²) in [6.07, 6.45) is 5.84. The lowest BCUT2D eigenvalue weighted by molar-refractivity contribution is -0.152. The van der Waals surface area contributed by atoms with Gasteiger partial charge in [-0.15, -0.1) is 0 Å². The monoisotopic (exact) mass is 343 g/mol. The Hall–Kier alpha value is -2.76. The number of nitrogens with zero attached hydrogens (tertiary/aromatic N) is 1. The molecule has 1 aliphatic rings. The number of rotatable bonds is 6. The van der Waals surface area contributed by atoms with Crippen LogP contribution in [-0.2, 0) is 9.53 Å². The van der Waals surface area contributed by atoms with Crippen molar-refractivity contribution in [1.82, 2.24) is 5.32 Å². The number of carbonyl (C=O) groups excluding carboxylic acids is 1. The molecule has 0 saturated carbocycles. The first kappa shape index (κ1) is 18.6. The molecule has 0 spiro atoms. The number of nitrogens with one attached hydrogen (secondary N) is 1. The number of benzene rings is 1. The summed E-state index contributed by atoms with van der Waals surface area (Å²) in [7, 11) is 3.04. The highest BCUT2D eigenvalue weighted by atomic mass is 16.5. The number of ether oxygens (including phenoxy) is 2. The van der Waals surface area contributed by atoms with Crippen LogP contribution in [0, 0.1) is 5.41 Å². The first-order valence-electron chi connectivity index (χ1n) is 8.05. The van der Waals surface area contributed by atoms with E-state index in [1.54, 1.807) is 20.9 Å². The van der Waals surface area contributed by atoms with Crippen molar-refractivity contribution >= 4 is 11.8 Å². The summed E-state index contributed by atoms with van der Waals surface area (Å²) in [6, 6.07) is 7.81. The Labute approximate surface area is 148 Å². The number of esters is 1. The highest BCUT2D eigenvalue weighted by Crippen LogP contribution is 2.24. The fourth-order valence-corrected chi connectivity index (χ4v) is 2.35. The van der Waals surface area contributed by atoms with E-state index in [1.165, 1.54) is 7.11 Å². The molecule has 1 atom stereocenters. The lowest BCUT2D eigenvalue weighted by Crippen LogP contribution is -2.32. The van der Waals surface area contributed by atoms with Crippen molar-refractivity contribution in [2.45, 2.75) is 19.9 Å². The number of methoxy groups -OCH3 is 1. The summed E-state index contributed by atoms with van der Waals surface area (Å²) in [6.45, 7) is 3.83. The number of hydrogen-bond donors (Lipinski definition) is 2. The van der Waals surface area contributed by atoms with E-state index in [-0.39, 0.29) is 18.6 Å². The zero-order valence-electron chi connectivity index (χ0n) is 15.1. The van der Waals surface area contributed by atoms with Gasteiger partial charge in [-0.05, 0) is 31.5 Å². The van der Waals surface area contributed by atoms with Gasteiger partial charge >= 0.3 is 5.97 Å². The molecular formula is C19H25N3O3. The molecule has 0 bridgehead atoms. The van der Waals surface area contributed by atoms with Gasteiger partial charge in [-0.3, -0.25) is 9.79 Å². The van der Waals surface area contributed by atoms with E-state index in [0.717, 1.165) is 11.1 Å². The normalized spacial score (nSPS) is 17.5. The second-order valence-corrected chi connectivity index (χ2v) is 6.45. The maximum absolute atomic E-state index is 11.7. The van der Waals surface area contributed by atoms with Gasteiger partial charge in [0.05, 0.1) is 18.6 Å². The number of aliphatic imine (C=N–C) groups is 1. The molecule has 0 fully saturated rings. The first-order valence-corrected chi connectivity index (χ1v) is 8.05. The molecule has 134 valence electrons. The van der Waals surface area contributed by atoms with Crippen molar-refractivity contribution < 1.29 is 14.3 Å². The summed E-state index contributed by atoms with van der Waals surface area (Å²) in [5.41, 5.74) is 7.06.